The third-order valence-corrected chi connectivity index (χ3v) is 1.96. The van der Waals surface area contributed by atoms with Crippen LogP contribution in [0.5, 0.6) is 5.75 Å². The van der Waals surface area contributed by atoms with E-state index in [0.29, 0.717) is 0 Å². The van der Waals surface area contributed by atoms with E-state index in [4.69, 9.17) is 10.5 Å². The van der Waals surface area contributed by atoms with Crippen molar-refractivity contribution in [1.82, 2.24) is 0 Å². The van der Waals surface area contributed by atoms with E-state index in [1.165, 1.54) is 14.0 Å². The molecule has 0 aliphatic heterocycles. The van der Waals surface area contributed by atoms with Gasteiger partial charge < -0.3 is 19.9 Å². The molecule has 0 bridgehead atoms. The maximum Gasteiger partial charge on any atom is 0.383 e. The van der Waals surface area contributed by atoms with Gasteiger partial charge in [0.15, 0.2) is 0 Å². The molecule has 6 heteroatoms. The van der Waals surface area contributed by atoms with Crippen molar-refractivity contribution in [3.8, 4) is 5.75 Å². The zero-order valence-corrected chi connectivity index (χ0v) is 12.0. The first kappa shape index (κ1) is 17.5. The maximum atomic E-state index is 10.9. The van der Waals surface area contributed by atoms with Crippen LogP contribution in [0, 0.1) is 0 Å². The van der Waals surface area contributed by atoms with Gasteiger partial charge in [0.05, 0.1) is 19.9 Å². The van der Waals surface area contributed by atoms with Crippen LogP contribution in [0.1, 0.15) is 13.8 Å². The molecule has 2 N–H and O–H groups in total. The fourth-order valence-corrected chi connectivity index (χ4v) is 1.14. The molecule has 0 unspecified atom stereocenters. The summed E-state index contributed by atoms with van der Waals surface area (Å²) in [4.78, 5) is 21.3. The summed E-state index contributed by atoms with van der Waals surface area (Å²) in [6.07, 6.45) is 0. The van der Waals surface area contributed by atoms with Gasteiger partial charge in [0.25, 0.3) is 0 Å². The molecule has 1 aromatic carbocycles. The van der Waals surface area contributed by atoms with E-state index in [-0.39, 0.29) is 11.5 Å². The predicted molar refractivity (Wildman–Crippen MR) is 73.7 cm³/mol. The number of methoxy groups -OCH3 is 2. The molecule has 110 valence electrons. The molecule has 1 aromatic rings. The molecule has 0 radical (unpaired) electrons. The van der Waals surface area contributed by atoms with E-state index < -0.39 is 11.9 Å². The molecule has 6 nitrogen and oxygen atoms in total. The Bertz CT molecular complexity index is 464. The van der Waals surface area contributed by atoms with Crippen molar-refractivity contribution < 1.29 is 23.8 Å². The molecule has 0 aliphatic carbocycles. The number of carbonyl (C=O) groups is 2. The number of carbonyl (C=O) groups excluding carboxylic acids is 2. The highest BCUT2D eigenvalue weighted by atomic mass is 16.6. The van der Waals surface area contributed by atoms with Gasteiger partial charge in [0.1, 0.15) is 5.75 Å². The van der Waals surface area contributed by atoms with E-state index in [1.54, 1.807) is 7.11 Å². The molecular formula is C14H19NO5. The Morgan fingerprint density at radius 1 is 1.05 bits per heavy atom. The summed E-state index contributed by atoms with van der Waals surface area (Å²) in [5.41, 5.74) is 5.44. The van der Waals surface area contributed by atoms with E-state index >= 15 is 0 Å². The van der Waals surface area contributed by atoms with Crippen molar-refractivity contribution in [1.29, 1.82) is 0 Å². The van der Waals surface area contributed by atoms with Crippen molar-refractivity contribution in [3.63, 3.8) is 0 Å². The van der Waals surface area contributed by atoms with Gasteiger partial charge in [-0.1, -0.05) is 18.2 Å². The SMILES string of the molecule is COC(C(=O)OC(C)=O)=C(C)N.COc1ccccc1. The number of nitrogens with two attached hydrogens (primary N) is 1. The first-order valence-electron chi connectivity index (χ1n) is 5.74. The van der Waals surface area contributed by atoms with Crippen LogP contribution >= 0.6 is 0 Å². The molecule has 0 spiro atoms. The maximum absolute atomic E-state index is 10.9. The lowest BCUT2D eigenvalue weighted by Crippen LogP contribution is -2.16. The van der Waals surface area contributed by atoms with Crippen LogP contribution in [0.4, 0.5) is 0 Å². The Hall–Kier alpha value is -2.50. The van der Waals surface area contributed by atoms with Crippen molar-refractivity contribution in [2.45, 2.75) is 13.8 Å². The van der Waals surface area contributed by atoms with Gasteiger partial charge in [-0.3, -0.25) is 4.79 Å². The minimum Gasteiger partial charge on any atom is -0.497 e. The number of hydrogen-bond donors (Lipinski definition) is 1. The third-order valence-electron chi connectivity index (χ3n) is 1.96. The van der Waals surface area contributed by atoms with Crippen LogP contribution in [0.2, 0.25) is 0 Å². The van der Waals surface area contributed by atoms with E-state index in [1.807, 2.05) is 30.3 Å². The standard InChI is InChI=1S/C7H11NO4.C7H8O/c1-4(8)6(11-3)7(10)12-5(2)9;1-8-7-5-3-2-4-6-7/h8H2,1-3H3;2-6H,1H3. The van der Waals surface area contributed by atoms with E-state index in [0.717, 1.165) is 12.7 Å². The second kappa shape index (κ2) is 9.43. The zero-order valence-electron chi connectivity index (χ0n) is 12.0. The average Bonchev–Trinajstić information content (AvgIpc) is 2.40. The Morgan fingerprint density at radius 2 is 1.60 bits per heavy atom. The number of allylic oxidation sites excluding steroid dienone is 1. The summed E-state index contributed by atoms with van der Waals surface area (Å²) in [5.74, 6) is -0.807. The highest BCUT2D eigenvalue weighted by Gasteiger charge is 2.15. The smallest absolute Gasteiger partial charge is 0.383 e. The molecular weight excluding hydrogens is 262 g/mol. The average molecular weight is 281 g/mol. The van der Waals surface area contributed by atoms with Crippen molar-refractivity contribution in [2.75, 3.05) is 14.2 Å². The minimum absolute atomic E-state index is 0.148. The molecule has 0 amide bonds. The van der Waals surface area contributed by atoms with Crippen LogP contribution in [0.3, 0.4) is 0 Å². The van der Waals surface area contributed by atoms with Gasteiger partial charge >= 0.3 is 11.9 Å². The lowest BCUT2D eigenvalue weighted by Gasteiger charge is -2.04. The number of ether oxygens (including phenoxy) is 3. The summed E-state index contributed by atoms with van der Waals surface area (Å²) >= 11 is 0. The highest BCUT2D eigenvalue weighted by Crippen LogP contribution is 2.05. The lowest BCUT2D eigenvalue weighted by atomic mass is 10.3. The number of rotatable bonds is 3. The van der Waals surface area contributed by atoms with Gasteiger partial charge in [-0.15, -0.1) is 0 Å². The Balaban J connectivity index is 0.000000388. The van der Waals surface area contributed by atoms with Crippen LogP contribution in [-0.2, 0) is 19.1 Å². The van der Waals surface area contributed by atoms with Gasteiger partial charge in [0, 0.05) is 6.92 Å². The van der Waals surface area contributed by atoms with Crippen molar-refractivity contribution >= 4 is 11.9 Å². The molecule has 0 aliphatic rings. The Labute approximate surface area is 118 Å². The van der Waals surface area contributed by atoms with Gasteiger partial charge in [-0.25, -0.2) is 4.79 Å². The van der Waals surface area contributed by atoms with Crippen LogP contribution in [-0.4, -0.2) is 26.2 Å². The quantitative estimate of drug-likeness (QED) is 0.392. The first-order chi connectivity index (χ1) is 9.42. The Kier molecular flexibility index (Phi) is 8.25. The van der Waals surface area contributed by atoms with Crippen LogP contribution in [0.15, 0.2) is 41.8 Å². The minimum atomic E-state index is -0.870. The topological polar surface area (TPSA) is 87.9 Å². The van der Waals surface area contributed by atoms with E-state index in [2.05, 4.69) is 9.47 Å². The molecule has 20 heavy (non-hydrogen) atoms. The third kappa shape index (κ3) is 7.05. The first-order valence-corrected chi connectivity index (χ1v) is 5.74. The number of para-hydroxylation sites is 1. The molecule has 1 rings (SSSR count). The molecule has 0 atom stereocenters. The summed E-state index contributed by atoms with van der Waals surface area (Å²) in [7, 11) is 2.93. The highest BCUT2D eigenvalue weighted by molar-refractivity contribution is 5.94. The van der Waals surface area contributed by atoms with Crippen LogP contribution < -0.4 is 10.5 Å². The summed E-state index contributed by atoms with van der Waals surface area (Å²) < 4.78 is 13.7. The molecule has 0 aromatic heterocycles. The second-order valence-corrected chi connectivity index (χ2v) is 3.61. The monoisotopic (exact) mass is 281 g/mol. The molecule has 0 fully saturated rings. The zero-order chi connectivity index (χ0) is 15.5. The number of benzene rings is 1. The normalized spacial score (nSPS) is 10.4. The van der Waals surface area contributed by atoms with Gasteiger partial charge in [-0.2, -0.15) is 0 Å². The second-order valence-electron chi connectivity index (χ2n) is 3.61. The number of esters is 2. The molecule has 0 heterocycles. The van der Waals surface area contributed by atoms with Crippen molar-refractivity contribution in [2.24, 2.45) is 5.73 Å². The number of hydrogen-bond acceptors (Lipinski definition) is 6. The largest absolute Gasteiger partial charge is 0.497 e. The molecule has 0 saturated heterocycles. The fraction of sp³-hybridized carbons (Fsp3) is 0.286. The van der Waals surface area contributed by atoms with E-state index in [9.17, 15) is 9.59 Å². The van der Waals surface area contributed by atoms with Crippen LogP contribution in [0.25, 0.3) is 0 Å². The van der Waals surface area contributed by atoms with Gasteiger partial charge in [-0.05, 0) is 19.1 Å². The summed E-state index contributed by atoms with van der Waals surface area (Å²) in [5, 5.41) is 0. The predicted octanol–water partition coefficient (Wildman–Crippen LogP) is 1.61. The van der Waals surface area contributed by atoms with Gasteiger partial charge in [0.2, 0.25) is 5.76 Å². The molecule has 0 saturated carbocycles. The lowest BCUT2D eigenvalue weighted by molar-refractivity contribution is -0.157. The fourth-order valence-electron chi connectivity index (χ4n) is 1.14. The van der Waals surface area contributed by atoms with Crippen molar-refractivity contribution in [3.05, 3.63) is 41.8 Å². The Morgan fingerprint density at radius 3 is 1.90 bits per heavy atom. The summed E-state index contributed by atoms with van der Waals surface area (Å²) in [6, 6.07) is 9.68. The summed E-state index contributed by atoms with van der Waals surface area (Å²) in [6.45, 7) is 2.59.